The zero-order valence-electron chi connectivity index (χ0n) is 11.5. The van der Waals surface area contributed by atoms with Crippen LogP contribution in [0.2, 0.25) is 0 Å². The predicted molar refractivity (Wildman–Crippen MR) is 72.9 cm³/mol. The molecule has 2 nitrogen and oxygen atoms in total. The molecule has 1 atom stereocenters. The van der Waals surface area contributed by atoms with Gasteiger partial charge in [-0.1, -0.05) is 26.0 Å². The van der Waals surface area contributed by atoms with Crippen LogP contribution in [0.1, 0.15) is 45.2 Å². The fourth-order valence-corrected chi connectivity index (χ4v) is 2.02. The van der Waals surface area contributed by atoms with Crippen LogP contribution in [0.15, 0.2) is 24.3 Å². The van der Waals surface area contributed by atoms with Gasteiger partial charge in [0.15, 0.2) is 0 Å². The predicted octanol–water partition coefficient (Wildman–Crippen LogP) is 3.28. The van der Waals surface area contributed by atoms with Crippen LogP contribution in [-0.4, -0.2) is 18.3 Å². The summed E-state index contributed by atoms with van der Waals surface area (Å²) in [6, 6.07) is 6.71. The first kappa shape index (κ1) is 15.1. The van der Waals surface area contributed by atoms with Gasteiger partial charge in [-0.15, -0.1) is 0 Å². The maximum atomic E-state index is 12.8. The number of hydrogen-bond acceptors (Lipinski definition) is 2. The van der Waals surface area contributed by atoms with E-state index in [0.717, 1.165) is 24.9 Å². The molecule has 0 bridgehead atoms. The summed E-state index contributed by atoms with van der Waals surface area (Å²) in [6.45, 7) is 7.23. The van der Waals surface area contributed by atoms with Gasteiger partial charge in [-0.3, -0.25) is 0 Å². The second-order valence-electron chi connectivity index (χ2n) is 5.02. The molecule has 0 saturated heterocycles. The van der Waals surface area contributed by atoms with E-state index in [1.165, 1.54) is 12.1 Å². The second kappa shape index (κ2) is 6.86. The maximum Gasteiger partial charge on any atom is 0.123 e. The van der Waals surface area contributed by atoms with Crippen molar-refractivity contribution in [1.82, 2.24) is 5.32 Å². The van der Waals surface area contributed by atoms with Gasteiger partial charge in [0, 0.05) is 24.6 Å². The quantitative estimate of drug-likeness (QED) is 0.781. The standard InChI is InChI=1S/C15H24FNO/c1-4-15(5-2,11-18)10-17-12(3)13-6-8-14(16)9-7-13/h6-9,12,17-18H,4-5,10-11H2,1-3H3. The van der Waals surface area contributed by atoms with Gasteiger partial charge in [-0.2, -0.15) is 0 Å². The Balaban J connectivity index is 2.59. The molecule has 2 N–H and O–H groups in total. The third kappa shape index (κ3) is 3.79. The summed E-state index contributed by atoms with van der Waals surface area (Å²) < 4.78 is 12.8. The third-order valence-corrected chi connectivity index (χ3v) is 3.99. The highest BCUT2D eigenvalue weighted by molar-refractivity contribution is 5.19. The van der Waals surface area contributed by atoms with Crippen LogP contribution in [-0.2, 0) is 0 Å². The fourth-order valence-electron chi connectivity index (χ4n) is 2.02. The molecule has 1 aromatic carbocycles. The van der Waals surface area contributed by atoms with Crippen molar-refractivity contribution in [2.75, 3.05) is 13.2 Å². The minimum absolute atomic E-state index is 0.0473. The molecule has 0 saturated carbocycles. The highest BCUT2D eigenvalue weighted by Crippen LogP contribution is 2.25. The SMILES string of the molecule is CCC(CC)(CO)CNC(C)c1ccc(F)cc1. The van der Waals surface area contributed by atoms with Gasteiger partial charge in [0.25, 0.3) is 0 Å². The van der Waals surface area contributed by atoms with E-state index in [4.69, 9.17) is 0 Å². The molecule has 0 aromatic heterocycles. The Morgan fingerprint density at radius 1 is 1.22 bits per heavy atom. The lowest BCUT2D eigenvalue weighted by Crippen LogP contribution is -2.37. The lowest BCUT2D eigenvalue weighted by Gasteiger charge is -2.31. The first-order valence-electron chi connectivity index (χ1n) is 6.66. The summed E-state index contributed by atoms with van der Waals surface area (Å²) in [5, 5.41) is 12.9. The first-order chi connectivity index (χ1) is 8.56. The van der Waals surface area contributed by atoms with Crippen molar-refractivity contribution in [3.8, 4) is 0 Å². The van der Waals surface area contributed by atoms with Crippen molar-refractivity contribution < 1.29 is 9.50 Å². The molecular formula is C15H24FNO. The molecule has 0 radical (unpaired) electrons. The number of rotatable bonds is 7. The molecule has 1 rings (SSSR count). The topological polar surface area (TPSA) is 32.3 Å². The molecule has 0 spiro atoms. The Labute approximate surface area is 109 Å². The molecule has 0 aliphatic carbocycles. The molecule has 0 aliphatic rings. The third-order valence-electron chi connectivity index (χ3n) is 3.99. The summed E-state index contributed by atoms with van der Waals surface area (Å²) in [5.74, 6) is -0.210. The smallest absolute Gasteiger partial charge is 0.123 e. The van der Waals surface area contributed by atoms with Crippen LogP contribution in [0.3, 0.4) is 0 Å². The first-order valence-corrected chi connectivity index (χ1v) is 6.66. The molecule has 18 heavy (non-hydrogen) atoms. The van der Waals surface area contributed by atoms with E-state index in [1.54, 1.807) is 12.1 Å². The molecule has 3 heteroatoms. The molecular weight excluding hydrogens is 229 g/mol. The maximum absolute atomic E-state index is 12.8. The highest BCUT2D eigenvalue weighted by atomic mass is 19.1. The lowest BCUT2D eigenvalue weighted by atomic mass is 9.83. The van der Waals surface area contributed by atoms with Crippen molar-refractivity contribution in [3.63, 3.8) is 0 Å². The average molecular weight is 253 g/mol. The summed E-state index contributed by atoms with van der Waals surface area (Å²) >= 11 is 0. The Bertz CT molecular complexity index is 338. The van der Waals surface area contributed by atoms with Crippen molar-refractivity contribution >= 4 is 0 Å². The average Bonchev–Trinajstić information content (AvgIpc) is 2.41. The van der Waals surface area contributed by atoms with Crippen LogP contribution in [0.5, 0.6) is 0 Å². The van der Waals surface area contributed by atoms with Crippen molar-refractivity contribution in [2.24, 2.45) is 5.41 Å². The number of benzene rings is 1. The van der Waals surface area contributed by atoms with Crippen molar-refractivity contribution in [1.29, 1.82) is 0 Å². The van der Waals surface area contributed by atoms with Crippen LogP contribution >= 0.6 is 0 Å². The molecule has 0 fully saturated rings. The van der Waals surface area contributed by atoms with Crippen LogP contribution < -0.4 is 5.32 Å². The molecule has 1 unspecified atom stereocenters. The van der Waals surface area contributed by atoms with Gasteiger partial charge in [-0.25, -0.2) is 4.39 Å². The number of halogens is 1. The minimum Gasteiger partial charge on any atom is -0.396 e. The number of aliphatic hydroxyl groups excluding tert-OH is 1. The number of hydrogen-bond donors (Lipinski definition) is 2. The summed E-state index contributed by atoms with van der Waals surface area (Å²) in [5.41, 5.74) is 1.02. The Hall–Kier alpha value is -0.930. The van der Waals surface area contributed by atoms with E-state index in [1.807, 2.05) is 0 Å². The van der Waals surface area contributed by atoms with E-state index in [2.05, 4.69) is 26.1 Å². The van der Waals surface area contributed by atoms with Crippen molar-refractivity contribution in [3.05, 3.63) is 35.6 Å². The fraction of sp³-hybridized carbons (Fsp3) is 0.600. The lowest BCUT2D eigenvalue weighted by molar-refractivity contribution is 0.110. The molecule has 102 valence electrons. The van der Waals surface area contributed by atoms with E-state index >= 15 is 0 Å². The van der Waals surface area contributed by atoms with Crippen LogP contribution in [0, 0.1) is 11.2 Å². The Kier molecular flexibility index (Phi) is 5.76. The van der Waals surface area contributed by atoms with Gasteiger partial charge < -0.3 is 10.4 Å². The van der Waals surface area contributed by atoms with E-state index < -0.39 is 0 Å². The molecule has 0 heterocycles. The van der Waals surface area contributed by atoms with Gasteiger partial charge in [0.05, 0.1) is 0 Å². The minimum atomic E-state index is -0.210. The van der Waals surface area contributed by atoms with Gasteiger partial charge >= 0.3 is 0 Å². The van der Waals surface area contributed by atoms with Crippen molar-refractivity contribution in [2.45, 2.75) is 39.7 Å². The zero-order chi connectivity index (χ0) is 13.6. The molecule has 0 aliphatic heterocycles. The number of nitrogens with one attached hydrogen (secondary N) is 1. The zero-order valence-corrected chi connectivity index (χ0v) is 11.5. The van der Waals surface area contributed by atoms with Gasteiger partial charge in [0.1, 0.15) is 5.82 Å². The van der Waals surface area contributed by atoms with E-state index in [9.17, 15) is 9.50 Å². The normalized spacial score (nSPS) is 13.6. The summed E-state index contributed by atoms with van der Waals surface area (Å²) in [7, 11) is 0. The Morgan fingerprint density at radius 2 is 1.78 bits per heavy atom. The monoisotopic (exact) mass is 253 g/mol. The highest BCUT2D eigenvalue weighted by Gasteiger charge is 2.25. The largest absolute Gasteiger partial charge is 0.396 e. The second-order valence-corrected chi connectivity index (χ2v) is 5.02. The Morgan fingerprint density at radius 3 is 2.22 bits per heavy atom. The van der Waals surface area contributed by atoms with E-state index in [-0.39, 0.29) is 23.9 Å². The van der Waals surface area contributed by atoms with Gasteiger partial charge in [-0.05, 0) is 37.5 Å². The van der Waals surface area contributed by atoms with Gasteiger partial charge in [0.2, 0.25) is 0 Å². The van der Waals surface area contributed by atoms with Crippen LogP contribution in [0.4, 0.5) is 4.39 Å². The summed E-state index contributed by atoms with van der Waals surface area (Å²) in [4.78, 5) is 0. The van der Waals surface area contributed by atoms with Crippen LogP contribution in [0.25, 0.3) is 0 Å². The summed E-state index contributed by atoms with van der Waals surface area (Å²) in [6.07, 6.45) is 1.90. The molecule has 1 aromatic rings. The molecule has 0 amide bonds. The van der Waals surface area contributed by atoms with E-state index in [0.29, 0.717) is 0 Å². The number of aliphatic hydroxyl groups is 1.